The van der Waals surface area contributed by atoms with E-state index in [0.29, 0.717) is 11.4 Å². The molecule has 3 N–H and O–H groups in total. The number of ether oxygens (including phenoxy) is 1. The summed E-state index contributed by atoms with van der Waals surface area (Å²) in [5.74, 6) is 0.217. The summed E-state index contributed by atoms with van der Waals surface area (Å²) < 4.78 is 39.5. The molecular weight excluding hydrogens is 504 g/mol. The Hall–Kier alpha value is -4.41. The number of methoxy groups -OCH3 is 1. The first-order valence-corrected chi connectivity index (χ1v) is 13.4. The number of carbonyl (C=O) groups excluding carboxylic acids is 1. The number of hydrogen-bond donors (Lipinski definition) is 3. The molecule has 5 rings (SSSR count). The molecule has 1 amide bonds. The van der Waals surface area contributed by atoms with Crippen molar-refractivity contribution in [2.24, 2.45) is 0 Å². The molecule has 0 bridgehead atoms. The topological polar surface area (TPSA) is 126 Å². The van der Waals surface area contributed by atoms with Crippen molar-refractivity contribution in [1.82, 2.24) is 14.9 Å². The highest BCUT2D eigenvalue weighted by Crippen LogP contribution is 2.25. The molecule has 194 valence electrons. The van der Waals surface area contributed by atoms with Crippen molar-refractivity contribution in [3.8, 4) is 17.0 Å². The van der Waals surface area contributed by atoms with E-state index in [1.807, 2.05) is 43.3 Å². The minimum absolute atomic E-state index is 0.0706. The van der Waals surface area contributed by atoms with Crippen LogP contribution in [-0.4, -0.2) is 37.6 Å². The summed E-state index contributed by atoms with van der Waals surface area (Å²) in [7, 11) is -2.41. The number of aromatic nitrogens is 2. The predicted octanol–water partition coefficient (Wildman–Crippen LogP) is 4.67. The number of fused-ring (bicyclic) bond motifs is 1. The summed E-state index contributed by atoms with van der Waals surface area (Å²) in [6, 6.07) is 21.7. The molecule has 2 aromatic heterocycles. The van der Waals surface area contributed by atoms with Crippen molar-refractivity contribution < 1.29 is 22.5 Å². The first kappa shape index (κ1) is 25.2. The van der Waals surface area contributed by atoms with Gasteiger partial charge in [0.05, 0.1) is 12.0 Å². The van der Waals surface area contributed by atoms with E-state index in [-0.39, 0.29) is 17.2 Å². The molecule has 1 atom stereocenters. The number of aromatic amines is 1. The van der Waals surface area contributed by atoms with Gasteiger partial charge in [0.2, 0.25) is 21.8 Å². The highest BCUT2D eigenvalue weighted by Gasteiger charge is 2.28. The van der Waals surface area contributed by atoms with Gasteiger partial charge in [-0.2, -0.15) is 4.72 Å². The zero-order valence-electron chi connectivity index (χ0n) is 20.8. The Morgan fingerprint density at radius 2 is 1.79 bits per heavy atom. The maximum absolute atomic E-state index is 13.4. The van der Waals surface area contributed by atoms with Crippen LogP contribution >= 0.6 is 0 Å². The van der Waals surface area contributed by atoms with Crippen molar-refractivity contribution in [2.45, 2.75) is 24.3 Å². The van der Waals surface area contributed by atoms with Gasteiger partial charge in [0, 0.05) is 28.7 Å². The van der Waals surface area contributed by atoms with E-state index < -0.39 is 22.0 Å². The number of H-pyrrole nitrogens is 1. The first-order chi connectivity index (χ1) is 18.3. The number of para-hydroxylation sites is 1. The quantitative estimate of drug-likeness (QED) is 0.254. The molecule has 38 heavy (non-hydrogen) atoms. The molecule has 3 aromatic carbocycles. The van der Waals surface area contributed by atoms with Crippen LogP contribution in [0.2, 0.25) is 0 Å². The number of rotatable bonds is 9. The van der Waals surface area contributed by atoms with E-state index in [1.54, 1.807) is 43.6 Å². The Morgan fingerprint density at radius 3 is 2.53 bits per heavy atom. The maximum Gasteiger partial charge on any atom is 0.245 e. The van der Waals surface area contributed by atoms with Crippen LogP contribution in [0.1, 0.15) is 11.1 Å². The van der Waals surface area contributed by atoms with Gasteiger partial charge in [0.25, 0.3) is 0 Å². The standard InChI is InChI=1S/C28H26N4O5S/c1-18-7-13-22(14-8-18)38(34,35)32-26(15-20-17-29-24-6-4-3-5-23(20)24)28(33)30-27-16-25(31-37-27)19-9-11-21(36-2)12-10-19/h3-14,16-17,26,29,32H,15H2,1-2H3,(H,30,33). The second-order valence-electron chi connectivity index (χ2n) is 8.84. The molecule has 0 radical (unpaired) electrons. The average molecular weight is 531 g/mol. The number of sulfonamides is 1. The fourth-order valence-corrected chi connectivity index (χ4v) is 5.32. The molecule has 5 aromatic rings. The predicted molar refractivity (Wildman–Crippen MR) is 144 cm³/mol. The van der Waals surface area contributed by atoms with Crippen LogP contribution in [0, 0.1) is 6.92 Å². The lowest BCUT2D eigenvalue weighted by atomic mass is 10.1. The van der Waals surface area contributed by atoms with E-state index in [4.69, 9.17) is 9.26 Å². The lowest BCUT2D eigenvalue weighted by Gasteiger charge is -2.18. The number of hydrogen-bond acceptors (Lipinski definition) is 6. The van der Waals surface area contributed by atoms with Crippen molar-refractivity contribution in [2.75, 3.05) is 12.4 Å². The number of benzene rings is 3. The summed E-state index contributed by atoms with van der Waals surface area (Å²) in [5.41, 5.74) is 3.89. The van der Waals surface area contributed by atoms with Gasteiger partial charge in [-0.15, -0.1) is 0 Å². The number of carbonyl (C=O) groups is 1. The molecule has 2 heterocycles. The van der Waals surface area contributed by atoms with Gasteiger partial charge in [-0.3, -0.25) is 10.1 Å². The smallest absolute Gasteiger partial charge is 0.245 e. The Bertz CT molecular complexity index is 1670. The third-order valence-electron chi connectivity index (χ3n) is 6.19. The molecule has 0 aliphatic heterocycles. The van der Waals surface area contributed by atoms with Gasteiger partial charge in [-0.05, 0) is 61.4 Å². The van der Waals surface area contributed by atoms with Crippen LogP contribution in [-0.2, 0) is 21.2 Å². The average Bonchev–Trinajstić information content (AvgIpc) is 3.56. The van der Waals surface area contributed by atoms with Crippen LogP contribution in [0.5, 0.6) is 5.75 Å². The summed E-state index contributed by atoms with van der Waals surface area (Å²) in [5, 5.41) is 7.60. The van der Waals surface area contributed by atoms with Crippen molar-refractivity contribution in [1.29, 1.82) is 0 Å². The Kier molecular flexibility index (Phi) is 6.99. The Balaban J connectivity index is 1.40. The fourth-order valence-electron chi connectivity index (χ4n) is 4.12. The molecule has 0 aliphatic carbocycles. The summed E-state index contributed by atoms with van der Waals surface area (Å²) in [6.45, 7) is 1.87. The highest BCUT2D eigenvalue weighted by atomic mass is 32.2. The largest absolute Gasteiger partial charge is 0.497 e. The molecule has 0 fully saturated rings. The summed E-state index contributed by atoms with van der Waals surface area (Å²) in [6.07, 6.45) is 1.89. The van der Waals surface area contributed by atoms with Crippen molar-refractivity contribution >= 4 is 32.7 Å². The molecule has 9 nitrogen and oxygen atoms in total. The maximum atomic E-state index is 13.4. The second-order valence-corrected chi connectivity index (χ2v) is 10.6. The molecule has 0 saturated heterocycles. The highest BCUT2D eigenvalue weighted by molar-refractivity contribution is 7.89. The molecule has 10 heteroatoms. The van der Waals surface area contributed by atoms with E-state index in [9.17, 15) is 13.2 Å². The van der Waals surface area contributed by atoms with Gasteiger partial charge in [0.1, 0.15) is 17.5 Å². The van der Waals surface area contributed by atoms with E-state index in [0.717, 1.165) is 27.6 Å². The third-order valence-corrected chi connectivity index (χ3v) is 7.67. The minimum atomic E-state index is -3.99. The summed E-state index contributed by atoms with van der Waals surface area (Å²) in [4.78, 5) is 16.7. The number of nitrogens with one attached hydrogen (secondary N) is 3. The molecule has 0 saturated carbocycles. The van der Waals surface area contributed by atoms with Crippen LogP contribution in [0.15, 0.2) is 94.5 Å². The van der Waals surface area contributed by atoms with E-state index >= 15 is 0 Å². The van der Waals surface area contributed by atoms with Crippen LogP contribution in [0.3, 0.4) is 0 Å². The SMILES string of the molecule is COc1ccc(-c2cc(NC(=O)C(Cc3c[nH]c4ccccc34)NS(=O)(=O)c3ccc(C)cc3)on2)cc1. The normalized spacial score (nSPS) is 12.4. The van der Waals surface area contributed by atoms with Crippen LogP contribution < -0.4 is 14.8 Å². The van der Waals surface area contributed by atoms with Gasteiger partial charge >= 0.3 is 0 Å². The van der Waals surface area contributed by atoms with Gasteiger partial charge in [0.15, 0.2) is 0 Å². The number of amides is 1. The fraction of sp³-hybridized carbons (Fsp3) is 0.143. The van der Waals surface area contributed by atoms with E-state index in [2.05, 4.69) is 20.2 Å². The summed E-state index contributed by atoms with van der Waals surface area (Å²) >= 11 is 0. The van der Waals surface area contributed by atoms with Crippen LogP contribution in [0.25, 0.3) is 22.2 Å². The number of nitrogens with zero attached hydrogens (tertiary/aromatic N) is 1. The van der Waals surface area contributed by atoms with Gasteiger partial charge in [-0.1, -0.05) is 41.1 Å². The Morgan fingerprint density at radius 1 is 1.05 bits per heavy atom. The zero-order valence-corrected chi connectivity index (χ0v) is 21.6. The minimum Gasteiger partial charge on any atom is -0.497 e. The molecule has 0 aliphatic rings. The lowest BCUT2D eigenvalue weighted by molar-refractivity contribution is -0.117. The monoisotopic (exact) mass is 530 g/mol. The number of aryl methyl sites for hydroxylation is 1. The van der Waals surface area contributed by atoms with Crippen LogP contribution in [0.4, 0.5) is 5.88 Å². The van der Waals surface area contributed by atoms with Gasteiger partial charge in [-0.25, -0.2) is 8.42 Å². The molecular formula is C28H26N4O5S. The molecule has 1 unspecified atom stereocenters. The lowest BCUT2D eigenvalue weighted by Crippen LogP contribution is -2.45. The first-order valence-electron chi connectivity index (χ1n) is 11.9. The van der Waals surface area contributed by atoms with Gasteiger partial charge < -0.3 is 14.2 Å². The van der Waals surface area contributed by atoms with E-state index in [1.165, 1.54) is 12.1 Å². The Labute approximate surface area is 219 Å². The second kappa shape index (κ2) is 10.5. The third kappa shape index (κ3) is 5.46. The zero-order chi connectivity index (χ0) is 26.7. The molecule has 0 spiro atoms. The van der Waals surface area contributed by atoms with Crippen molar-refractivity contribution in [3.05, 3.63) is 96.2 Å². The number of anilines is 1. The van der Waals surface area contributed by atoms with Crippen molar-refractivity contribution in [3.63, 3.8) is 0 Å².